The maximum absolute atomic E-state index is 14.0. The molecule has 5 heteroatoms. The average Bonchev–Trinajstić information content (AvgIpc) is 3.21. The van der Waals surface area contributed by atoms with E-state index in [1.165, 1.54) is 23.1 Å². The molecule has 1 aliphatic rings. The predicted octanol–water partition coefficient (Wildman–Crippen LogP) is 4.59. The van der Waals surface area contributed by atoms with Gasteiger partial charge in [-0.25, -0.2) is 4.39 Å². The second-order valence-corrected chi connectivity index (χ2v) is 6.53. The fourth-order valence-electron chi connectivity index (χ4n) is 3.49. The number of hydrogen-bond acceptors (Lipinski definition) is 1. The van der Waals surface area contributed by atoms with Crippen LogP contribution in [0.4, 0.5) is 4.39 Å². The lowest BCUT2D eigenvalue weighted by atomic mass is 9.98. The van der Waals surface area contributed by atoms with E-state index in [1.54, 1.807) is 11.0 Å². The fourth-order valence-corrected chi connectivity index (χ4v) is 3.73. The summed E-state index contributed by atoms with van der Waals surface area (Å²) in [4.78, 5) is 17.6. The van der Waals surface area contributed by atoms with Gasteiger partial charge in [0.05, 0.1) is 10.6 Å². The van der Waals surface area contributed by atoms with Gasteiger partial charge in [0.2, 0.25) is 0 Å². The van der Waals surface area contributed by atoms with Crippen molar-refractivity contribution in [1.29, 1.82) is 0 Å². The lowest BCUT2D eigenvalue weighted by molar-refractivity contribution is 0.0786. The Kier molecular flexibility index (Phi) is 3.77. The fraction of sp³-hybridized carbons (Fsp3) is 0.211. The zero-order chi connectivity index (χ0) is 16.7. The van der Waals surface area contributed by atoms with Crippen molar-refractivity contribution in [3.05, 3.63) is 70.6 Å². The van der Waals surface area contributed by atoms with Crippen molar-refractivity contribution in [1.82, 2.24) is 9.88 Å². The Morgan fingerprint density at radius 2 is 2.04 bits per heavy atom. The lowest BCUT2D eigenvalue weighted by Crippen LogP contribution is -2.29. The SMILES string of the molecule is O=C(c1c(F)cccc1Cl)N1CCC(c2c[nH]c3ccccc23)C1. The van der Waals surface area contributed by atoms with Gasteiger partial charge in [0.15, 0.2) is 0 Å². The number of nitrogens with zero attached hydrogens (tertiary/aromatic N) is 1. The molecule has 1 unspecified atom stereocenters. The summed E-state index contributed by atoms with van der Waals surface area (Å²) in [5.74, 6) is -0.654. The third kappa shape index (κ3) is 2.47. The molecule has 1 N–H and O–H groups in total. The number of amides is 1. The number of likely N-dealkylation sites (tertiary alicyclic amines) is 1. The first kappa shape index (κ1) is 15.2. The first-order chi connectivity index (χ1) is 11.6. The molecule has 3 nitrogen and oxygen atoms in total. The molecule has 4 rings (SSSR count). The lowest BCUT2D eigenvalue weighted by Gasteiger charge is -2.17. The maximum Gasteiger partial charge on any atom is 0.258 e. The van der Waals surface area contributed by atoms with Crippen molar-refractivity contribution >= 4 is 28.4 Å². The summed E-state index contributed by atoms with van der Waals surface area (Å²) in [6, 6.07) is 12.4. The van der Waals surface area contributed by atoms with Gasteiger partial charge < -0.3 is 9.88 Å². The van der Waals surface area contributed by atoms with Crippen LogP contribution in [-0.2, 0) is 0 Å². The van der Waals surface area contributed by atoms with Gasteiger partial charge in [0, 0.05) is 36.1 Å². The van der Waals surface area contributed by atoms with E-state index in [4.69, 9.17) is 11.6 Å². The third-order valence-corrected chi connectivity index (χ3v) is 5.03. The molecule has 1 amide bonds. The van der Waals surface area contributed by atoms with Gasteiger partial charge in [0.1, 0.15) is 5.82 Å². The van der Waals surface area contributed by atoms with Gasteiger partial charge >= 0.3 is 0 Å². The third-order valence-electron chi connectivity index (χ3n) is 4.71. The van der Waals surface area contributed by atoms with Crippen LogP contribution in [0, 0.1) is 5.82 Å². The number of H-pyrrole nitrogens is 1. The largest absolute Gasteiger partial charge is 0.361 e. The normalized spacial score (nSPS) is 17.6. The minimum atomic E-state index is -0.567. The van der Waals surface area contributed by atoms with Gasteiger partial charge in [-0.15, -0.1) is 0 Å². The zero-order valence-corrected chi connectivity index (χ0v) is 13.7. The van der Waals surface area contributed by atoms with Crippen LogP contribution in [0.2, 0.25) is 5.02 Å². The van der Waals surface area contributed by atoms with Crippen LogP contribution in [0.5, 0.6) is 0 Å². The first-order valence-electron chi connectivity index (χ1n) is 7.94. The second-order valence-electron chi connectivity index (χ2n) is 6.12. The molecular formula is C19H16ClFN2O. The Balaban J connectivity index is 1.60. The Hall–Kier alpha value is -2.33. The van der Waals surface area contributed by atoms with Crippen molar-refractivity contribution in [2.24, 2.45) is 0 Å². The molecule has 1 aromatic heterocycles. The standard InChI is InChI=1S/C19H16ClFN2O/c20-15-5-3-6-16(21)18(15)19(24)23-9-8-12(11-23)14-10-22-17-7-2-1-4-13(14)17/h1-7,10,12,22H,8-9,11H2. The highest BCUT2D eigenvalue weighted by molar-refractivity contribution is 6.33. The Morgan fingerprint density at radius 1 is 1.21 bits per heavy atom. The minimum absolute atomic E-state index is 0.0289. The van der Waals surface area contributed by atoms with Gasteiger partial charge in [-0.3, -0.25) is 4.79 Å². The molecule has 24 heavy (non-hydrogen) atoms. The monoisotopic (exact) mass is 342 g/mol. The Bertz CT molecular complexity index is 900. The molecule has 1 atom stereocenters. The highest BCUT2D eigenvalue weighted by atomic mass is 35.5. The smallest absolute Gasteiger partial charge is 0.258 e. The number of carbonyl (C=O) groups excluding carboxylic acids is 1. The van der Waals surface area contributed by atoms with Crippen LogP contribution in [0.3, 0.4) is 0 Å². The quantitative estimate of drug-likeness (QED) is 0.726. The predicted molar refractivity (Wildman–Crippen MR) is 93.0 cm³/mol. The van der Waals surface area contributed by atoms with Crippen molar-refractivity contribution in [3.8, 4) is 0 Å². The number of halogens is 2. The molecule has 1 saturated heterocycles. The maximum atomic E-state index is 14.0. The summed E-state index contributed by atoms with van der Waals surface area (Å²) in [5, 5.41) is 1.34. The molecule has 0 bridgehead atoms. The van der Waals surface area contributed by atoms with E-state index in [1.807, 2.05) is 24.4 Å². The summed E-state index contributed by atoms with van der Waals surface area (Å²) >= 11 is 6.02. The molecule has 0 saturated carbocycles. The van der Waals surface area contributed by atoms with Gasteiger partial charge in [-0.05, 0) is 30.2 Å². The number of aromatic nitrogens is 1. The van der Waals surface area contributed by atoms with Crippen LogP contribution in [0.25, 0.3) is 10.9 Å². The molecule has 122 valence electrons. The van der Waals surface area contributed by atoms with Crippen LogP contribution in [0.15, 0.2) is 48.7 Å². The van der Waals surface area contributed by atoms with E-state index in [9.17, 15) is 9.18 Å². The van der Waals surface area contributed by atoms with E-state index in [-0.39, 0.29) is 22.4 Å². The second kappa shape index (κ2) is 5.95. The number of carbonyl (C=O) groups is 1. The van der Waals surface area contributed by atoms with Gasteiger partial charge in [0.25, 0.3) is 5.91 Å². The molecule has 1 fully saturated rings. The number of nitrogens with one attached hydrogen (secondary N) is 1. The van der Waals surface area contributed by atoms with Crippen molar-refractivity contribution in [2.45, 2.75) is 12.3 Å². The first-order valence-corrected chi connectivity index (χ1v) is 8.32. The molecule has 2 aromatic carbocycles. The highest BCUT2D eigenvalue weighted by Crippen LogP contribution is 2.33. The molecule has 0 aliphatic carbocycles. The van der Waals surface area contributed by atoms with Crippen LogP contribution in [-0.4, -0.2) is 28.9 Å². The highest BCUT2D eigenvalue weighted by Gasteiger charge is 2.31. The Labute approximate surface area is 144 Å². The molecule has 2 heterocycles. The van der Waals surface area contributed by atoms with Crippen LogP contribution < -0.4 is 0 Å². The van der Waals surface area contributed by atoms with Gasteiger partial charge in [-0.1, -0.05) is 35.9 Å². The van der Waals surface area contributed by atoms with Crippen LogP contribution >= 0.6 is 11.6 Å². The molecule has 0 radical (unpaired) electrons. The summed E-state index contributed by atoms with van der Waals surface area (Å²) in [5.41, 5.74) is 2.27. The molecule has 1 aliphatic heterocycles. The van der Waals surface area contributed by atoms with E-state index >= 15 is 0 Å². The average molecular weight is 343 g/mol. The van der Waals surface area contributed by atoms with E-state index in [2.05, 4.69) is 11.1 Å². The Morgan fingerprint density at radius 3 is 2.88 bits per heavy atom. The topological polar surface area (TPSA) is 36.1 Å². The summed E-state index contributed by atoms with van der Waals surface area (Å²) in [7, 11) is 0. The number of rotatable bonds is 2. The number of para-hydroxylation sites is 1. The van der Waals surface area contributed by atoms with Crippen molar-refractivity contribution < 1.29 is 9.18 Å². The van der Waals surface area contributed by atoms with E-state index < -0.39 is 5.82 Å². The zero-order valence-electron chi connectivity index (χ0n) is 12.9. The van der Waals surface area contributed by atoms with Crippen molar-refractivity contribution in [2.75, 3.05) is 13.1 Å². The number of benzene rings is 2. The summed E-state index contributed by atoms with van der Waals surface area (Å²) < 4.78 is 14.0. The van der Waals surface area contributed by atoms with E-state index in [0.29, 0.717) is 13.1 Å². The summed E-state index contributed by atoms with van der Waals surface area (Å²) in [6.07, 6.45) is 2.87. The van der Waals surface area contributed by atoms with Crippen LogP contribution in [0.1, 0.15) is 28.3 Å². The summed E-state index contributed by atoms with van der Waals surface area (Å²) in [6.45, 7) is 1.18. The molecule has 3 aromatic rings. The number of fused-ring (bicyclic) bond motifs is 1. The number of aromatic amines is 1. The molecule has 0 spiro atoms. The van der Waals surface area contributed by atoms with Gasteiger partial charge in [-0.2, -0.15) is 0 Å². The van der Waals surface area contributed by atoms with E-state index in [0.717, 1.165) is 11.9 Å². The van der Waals surface area contributed by atoms with Crippen molar-refractivity contribution in [3.63, 3.8) is 0 Å². The number of hydrogen-bond donors (Lipinski definition) is 1. The molecular weight excluding hydrogens is 327 g/mol. The minimum Gasteiger partial charge on any atom is -0.361 e.